The summed E-state index contributed by atoms with van der Waals surface area (Å²) < 4.78 is 13.2. The molecule has 0 aromatic heterocycles. The Labute approximate surface area is 116 Å². The molecule has 0 atom stereocenters. The molecule has 1 heterocycles. The first-order valence-corrected chi connectivity index (χ1v) is 6.46. The van der Waals surface area contributed by atoms with Gasteiger partial charge in [0.25, 0.3) is 5.69 Å². The highest BCUT2D eigenvalue weighted by molar-refractivity contribution is 7.99. The SMILES string of the molecule is O=[N+]([O-])c1cc(Cl)cc2c1Nc1ccc(F)cc1S2. The van der Waals surface area contributed by atoms with Crippen LogP contribution in [-0.2, 0) is 0 Å². The van der Waals surface area contributed by atoms with Crippen molar-refractivity contribution in [3.8, 4) is 0 Å². The lowest BCUT2D eigenvalue weighted by atomic mass is 10.2. The van der Waals surface area contributed by atoms with Gasteiger partial charge in [0.15, 0.2) is 0 Å². The predicted molar refractivity (Wildman–Crippen MR) is 71.9 cm³/mol. The van der Waals surface area contributed by atoms with E-state index < -0.39 is 4.92 Å². The van der Waals surface area contributed by atoms with Gasteiger partial charge < -0.3 is 5.32 Å². The molecule has 0 spiro atoms. The van der Waals surface area contributed by atoms with Gasteiger partial charge in [-0.25, -0.2) is 4.39 Å². The van der Waals surface area contributed by atoms with E-state index in [9.17, 15) is 14.5 Å². The second-order valence-electron chi connectivity index (χ2n) is 3.92. The normalized spacial score (nSPS) is 12.3. The van der Waals surface area contributed by atoms with E-state index in [1.54, 1.807) is 12.1 Å². The highest BCUT2D eigenvalue weighted by Gasteiger charge is 2.25. The van der Waals surface area contributed by atoms with Crippen LogP contribution in [0.4, 0.5) is 21.5 Å². The molecule has 0 amide bonds. The fourth-order valence-corrected chi connectivity index (χ4v) is 3.21. The van der Waals surface area contributed by atoms with Gasteiger partial charge in [0.1, 0.15) is 11.5 Å². The quantitative estimate of drug-likeness (QED) is 0.527. The van der Waals surface area contributed by atoms with Crippen LogP contribution in [0.5, 0.6) is 0 Å². The zero-order valence-electron chi connectivity index (χ0n) is 9.31. The van der Waals surface area contributed by atoms with Crippen molar-refractivity contribution < 1.29 is 9.31 Å². The van der Waals surface area contributed by atoms with E-state index in [1.807, 2.05) is 0 Å². The Morgan fingerprint density at radius 1 is 1.26 bits per heavy atom. The van der Waals surface area contributed by atoms with Gasteiger partial charge in [-0.2, -0.15) is 0 Å². The molecule has 2 aromatic rings. The number of hydrogen-bond acceptors (Lipinski definition) is 4. The largest absolute Gasteiger partial charge is 0.348 e. The number of anilines is 2. The molecule has 0 fully saturated rings. The Morgan fingerprint density at radius 3 is 2.79 bits per heavy atom. The summed E-state index contributed by atoms with van der Waals surface area (Å²) in [7, 11) is 0. The minimum atomic E-state index is -0.493. The Balaban J connectivity index is 2.16. The van der Waals surface area contributed by atoms with E-state index in [2.05, 4.69) is 5.32 Å². The van der Waals surface area contributed by atoms with Gasteiger partial charge in [0, 0.05) is 20.9 Å². The second kappa shape index (κ2) is 4.40. The van der Waals surface area contributed by atoms with Crippen LogP contribution < -0.4 is 5.32 Å². The molecular formula is C12H6ClFN2O2S. The van der Waals surface area contributed by atoms with E-state index in [-0.39, 0.29) is 16.5 Å². The molecule has 96 valence electrons. The van der Waals surface area contributed by atoms with Crippen LogP contribution >= 0.6 is 23.4 Å². The molecule has 0 saturated heterocycles. The zero-order chi connectivity index (χ0) is 13.6. The van der Waals surface area contributed by atoms with E-state index in [0.717, 1.165) is 0 Å². The van der Waals surface area contributed by atoms with Gasteiger partial charge >= 0.3 is 0 Å². The molecule has 3 rings (SSSR count). The van der Waals surface area contributed by atoms with E-state index in [1.165, 1.54) is 30.0 Å². The van der Waals surface area contributed by atoms with Gasteiger partial charge in [0.2, 0.25) is 0 Å². The number of rotatable bonds is 1. The van der Waals surface area contributed by atoms with E-state index >= 15 is 0 Å². The maximum absolute atomic E-state index is 13.2. The van der Waals surface area contributed by atoms with Gasteiger partial charge in [-0.15, -0.1) is 0 Å². The van der Waals surface area contributed by atoms with Gasteiger partial charge in [-0.3, -0.25) is 10.1 Å². The van der Waals surface area contributed by atoms with Crippen molar-refractivity contribution in [2.24, 2.45) is 0 Å². The van der Waals surface area contributed by atoms with E-state index in [0.29, 0.717) is 21.2 Å². The van der Waals surface area contributed by atoms with Gasteiger partial charge in [0.05, 0.1) is 10.6 Å². The summed E-state index contributed by atoms with van der Waals surface area (Å²) >= 11 is 7.12. The summed E-state index contributed by atoms with van der Waals surface area (Å²) in [5.74, 6) is -0.354. The molecule has 4 nitrogen and oxygen atoms in total. The molecule has 19 heavy (non-hydrogen) atoms. The van der Waals surface area contributed by atoms with Crippen LogP contribution in [0.25, 0.3) is 0 Å². The van der Waals surface area contributed by atoms with Crippen molar-refractivity contribution in [3.05, 3.63) is 51.3 Å². The van der Waals surface area contributed by atoms with Crippen molar-refractivity contribution in [2.45, 2.75) is 9.79 Å². The average molecular weight is 297 g/mol. The third kappa shape index (κ3) is 2.13. The van der Waals surface area contributed by atoms with Gasteiger partial charge in [-0.1, -0.05) is 23.4 Å². The highest BCUT2D eigenvalue weighted by Crippen LogP contribution is 2.48. The van der Waals surface area contributed by atoms with Crippen molar-refractivity contribution >= 4 is 40.4 Å². The summed E-state index contributed by atoms with van der Waals surface area (Å²) in [5, 5.41) is 14.3. The fourth-order valence-electron chi connectivity index (χ4n) is 1.86. The monoisotopic (exact) mass is 296 g/mol. The maximum Gasteiger partial charge on any atom is 0.295 e. The Morgan fingerprint density at radius 2 is 2.05 bits per heavy atom. The van der Waals surface area contributed by atoms with Crippen molar-refractivity contribution in [1.29, 1.82) is 0 Å². The number of hydrogen-bond donors (Lipinski definition) is 1. The lowest BCUT2D eigenvalue weighted by Crippen LogP contribution is -2.04. The third-order valence-electron chi connectivity index (χ3n) is 2.67. The van der Waals surface area contributed by atoms with Crippen molar-refractivity contribution in [2.75, 3.05) is 5.32 Å². The standard InChI is InChI=1S/C12H6ClFN2O2S/c13-6-3-9(16(17)18)12-11(4-6)19-10-5-7(14)1-2-8(10)15-12/h1-5,15H. The molecule has 1 N–H and O–H groups in total. The molecule has 0 saturated carbocycles. The Kier molecular flexibility index (Phi) is 2.83. The first-order chi connectivity index (χ1) is 9.04. The van der Waals surface area contributed by atoms with Crippen molar-refractivity contribution in [1.82, 2.24) is 0 Å². The maximum atomic E-state index is 13.2. The van der Waals surface area contributed by atoms with Crippen LogP contribution in [0.3, 0.4) is 0 Å². The molecular weight excluding hydrogens is 291 g/mol. The number of nitro groups is 1. The number of nitro benzene ring substituents is 1. The lowest BCUT2D eigenvalue weighted by Gasteiger charge is -2.20. The molecule has 1 aliphatic rings. The predicted octanol–water partition coefficient (Wildman–Crippen LogP) is 4.60. The zero-order valence-corrected chi connectivity index (χ0v) is 10.9. The molecule has 0 bridgehead atoms. The minimum Gasteiger partial charge on any atom is -0.348 e. The molecule has 0 unspecified atom stereocenters. The summed E-state index contributed by atoms with van der Waals surface area (Å²) in [6, 6.07) is 7.15. The Bertz CT molecular complexity index is 708. The van der Waals surface area contributed by atoms with Gasteiger partial charge in [-0.05, 0) is 24.3 Å². The third-order valence-corrected chi connectivity index (χ3v) is 3.98. The minimum absolute atomic E-state index is 0.0926. The van der Waals surface area contributed by atoms with Crippen molar-refractivity contribution in [3.63, 3.8) is 0 Å². The number of nitrogens with one attached hydrogen (secondary N) is 1. The Hall–Kier alpha value is -1.79. The summed E-state index contributed by atoms with van der Waals surface area (Å²) in [5.41, 5.74) is 0.938. The first kappa shape index (κ1) is 12.3. The van der Waals surface area contributed by atoms with Crippen LogP contribution in [-0.4, -0.2) is 4.92 Å². The number of halogens is 2. The van der Waals surface area contributed by atoms with Crippen LogP contribution in [0, 0.1) is 15.9 Å². The highest BCUT2D eigenvalue weighted by atomic mass is 35.5. The lowest BCUT2D eigenvalue weighted by molar-refractivity contribution is -0.384. The summed E-state index contributed by atoms with van der Waals surface area (Å²) in [6.45, 7) is 0. The first-order valence-electron chi connectivity index (χ1n) is 5.27. The average Bonchev–Trinajstić information content (AvgIpc) is 2.35. The second-order valence-corrected chi connectivity index (χ2v) is 5.44. The number of fused-ring (bicyclic) bond motifs is 2. The summed E-state index contributed by atoms with van der Waals surface area (Å²) in [4.78, 5) is 11.8. The summed E-state index contributed by atoms with van der Waals surface area (Å²) in [6.07, 6.45) is 0. The molecule has 0 radical (unpaired) electrons. The molecule has 2 aromatic carbocycles. The number of benzene rings is 2. The number of nitrogens with zero attached hydrogens (tertiary/aromatic N) is 1. The molecule has 0 aliphatic carbocycles. The fraction of sp³-hybridized carbons (Fsp3) is 0. The van der Waals surface area contributed by atoms with Crippen LogP contribution in [0.2, 0.25) is 5.02 Å². The molecule has 1 aliphatic heterocycles. The van der Waals surface area contributed by atoms with E-state index in [4.69, 9.17) is 11.6 Å². The topological polar surface area (TPSA) is 55.2 Å². The van der Waals surface area contributed by atoms with Crippen LogP contribution in [0.15, 0.2) is 40.1 Å². The molecule has 7 heteroatoms. The smallest absolute Gasteiger partial charge is 0.295 e. The van der Waals surface area contributed by atoms with Crippen LogP contribution in [0.1, 0.15) is 0 Å².